The maximum absolute atomic E-state index is 12.1. The Morgan fingerprint density at radius 2 is 1.84 bits per heavy atom. The van der Waals surface area contributed by atoms with Crippen molar-refractivity contribution >= 4 is 23.2 Å². The molecule has 2 aromatic carbocycles. The molecular formula is C17H16N6O2. The molecule has 8 nitrogen and oxygen atoms in total. The highest BCUT2D eigenvalue weighted by atomic mass is 16.2. The van der Waals surface area contributed by atoms with E-state index in [0.717, 1.165) is 11.4 Å². The molecule has 3 rings (SSSR count). The molecule has 0 bridgehead atoms. The van der Waals surface area contributed by atoms with E-state index < -0.39 is 5.91 Å². The van der Waals surface area contributed by atoms with Gasteiger partial charge in [-0.2, -0.15) is 5.10 Å². The van der Waals surface area contributed by atoms with Gasteiger partial charge in [0, 0.05) is 11.3 Å². The zero-order valence-corrected chi connectivity index (χ0v) is 13.2. The van der Waals surface area contributed by atoms with E-state index in [4.69, 9.17) is 5.73 Å². The maximum Gasteiger partial charge on any atom is 0.248 e. The Morgan fingerprint density at radius 1 is 1.08 bits per heavy atom. The molecule has 4 N–H and O–H groups in total. The zero-order chi connectivity index (χ0) is 17.6. The van der Waals surface area contributed by atoms with Crippen LogP contribution in [0.4, 0.5) is 11.4 Å². The zero-order valence-electron chi connectivity index (χ0n) is 13.2. The number of benzene rings is 2. The normalized spacial score (nSPS) is 10.2. The summed E-state index contributed by atoms with van der Waals surface area (Å²) >= 11 is 0. The van der Waals surface area contributed by atoms with Gasteiger partial charge in [-0.1, -0.05) is 12.1 Å². The third-order valence-corrected chi connectivity index (χ3v) is 3.46. The second kappa shape index (κ2) is 7.26. The molecule has 2 amide bonds. The number of nitrogens with two attached hydrogens (primary N) is 1. The van der Waals surface area contributed by atoms with Crippen LogP contribution in [0.5, 0.6) is 0 Å². The van der Waals surface area contributed by atoms with Crippen molar-refractivity contribution in [3.05, 3.63) is 66.7 Å². The number of hydrogen-bond acceptors (Lipinski definition) is 5. The first-order chi connectivity index (χ1) is 12.1. The number of carbonyl (C=O) groups is 2. The summed E-state index contributed by atoms with van der Waals surface area (Å²) in [5.41, 5.74) is 7.70. The van der Waals surface area contributed by atoms with Crippen LogP contribution in [-0.4, -0.2) is 33.1 Å². The predicted octanol–water partition coefficient (Wildman–Crippen LogP) is 1.42. The van der Waals surface area contributed by atoms with Crippen LogP contribution in [0.25, 0.3) is 5.69 Å². The van der Waals surface area contributed by atoms with Crippen molar-refractivity contribution in [1.29, 1.82) is 0 Å². The van der Waals surface area contributed by atoms with E-state index in [1.165, 1.54) is 6.33 Å². The minimum atomic E-state index is -0.510. The van der Waals surface area contributed by atoms with Gasteiger partial charge in [-0.25, -0.2) is 9.67 Å². The van der Waals surface area contributed by atoms with Crippen LogP contribution in [0.15, 0.2) is 61.2 Å². The van der Waals surface area contributed by atoms with Gasteiger partial charge in [0.2, 0.25) is 11.8 Å². The van der Waals surface area contributed by atoms with Crippen LogP contribution >= 0.6 is 0 Å². The van der Waals surface area contributed by atoms with Crippen LogP contribution in [0.1, 0.15) is 10.4 Å². The van der Waals surface area contributed by atoms with Gasteiger partial charge >= 0.3 is 0 Å². The number of anilines is 2. The van der Waals surface area contributed by atoms with Gasteiger partial charge in [0.05, 0.1) is 17.9 Å². The number of para-hydroxylation sites is 2. The van der Waals surface area contributed by atoms with Crippen molar-refractivity contribution in [2.24, 2.45) is 5.73 Å². The molecular weight excluding hydrogens is 320 g/mol. The molecule has 0 atom stereocenters. The first kappa shape index (κ1) is 16.2. The molecule has 0 unspecified atom stereocenters. The fourth-order valence-corrected chi connectivity index (χ4v) is 2.25. The first-order valence-electron chi connectivity index (χ1n) is 7.51. The third kappa shape index (κ3) is 3.99. The Kier molecular flexibility index (Phi) is 4.70. The SMILES string of the molecule is NC(=O)c1ccc(NC(=O)CNc2ccccc2-n2cncn2)cc1. The van der Waals surface area contributed by atoms with Gasteiger partial charge in [0.25, 0.3) is 0 Å². The van der Waals surface area contributed by atoms with Gasteiger partial charge in [0.1, 0.15) is 12.7 Å². The largest absolute Gasteiger partial charge is 0.374 e. The van der Waals surface area contributed by atoms with Crippen molar-refractivity contribution in [3.63, 3.8) is 0 Å². The monoisotopic (exact) mass is 336 g/mol. The lowest BCUT2D eigenvalue weighted by molar-refractivity contribution is -0.114. The number of nitrogens with one attached hydrogen (secondary N) is 2. The fraction of sp³-hybridized carbons (Fsp3) is 0.0588. The number of nitrogens with zero attached hydrogens (tertiary/aromatic N) is 3. The second-order valence-electron chi connectivity index (χ2n) is 5.20. The summed E-state index contributed by atoms with van der Waals surface area (Å²) in [6, 6.07) is 13.8. The number of carbonyl (C=O) groups excluding carboxylic acids is 2. The van der Waals surface area contributed by atoms with E-state index in [9.17, 15) is 9.59 Å². The molecule has 0 saturated heterocycles. The summed E-state index contributed by atoms with van der Waals surface area (Å²) in [5, 5.41) is 9.91. The number of aromatic nitrogens is 3. The van der Waals surface area contributed by atoms with Crippen molar-refractivity contribution in [1.82, 2.24) is 14.8 Å². The number of rotatable bonds is 6. The standard InChI is InChI=1S/C17H16N6O2/c18-17(25)12-5-7-13(8-6-12)22-16(24)9-20-14-3-1-2-4-15(14)23-11-19-10-21-23/h1-8,10-11,20H,9H2,(H2,18,25)(H,22,24). The van der Waals surface area contributed by atoms with Gasteiger partial charge in [0.15, 0.2) is 0 Å². The van der Waals surface area contributed by atoms with E-state index >= 15 is 0 Å². The summed E-state index contributed by atoms with van der Waals surface area (Å²) in [5.74, 6) is -0.732. The van der Waals surface area contributed by atoms with Crippen molar-refractivity contribution in [2.45, 2.75) is 0 Å². The minimum Gasteiger partial charge on any atom is -0.374 e. The summed E-state index contributed by atoms with van der Waals surface area (Å²) in [6.45, 7) is 0.0727. The minimum absolute atomic E-state index is 0.0727. The van der Waals surface area contributed by atoms with Crippen LogP contribution in [0, 0.1) is 0 Å². The van der Waals surface area contributed by atoms with Crippen molar-refractivity contribution < 1.29 is 9.59 Å². The highest BCUT2D eigenvalue weighted by Crippen LogP contribution is 2.18. The Bertz CT molecular complexity index is 874. The summed E-state index contributed by atoms with van der Waals surface area (Å²) in [6.07, 6.45) is 3.03. The highest BCUT2D eigenvalue weighted by Gasteiger charge is 2.07. The smallest absolute Gasteiger partial charge is 0.248 e. The summed E-state index contributed by atoms with van der Waals surface area (Å²) in [4.78, 5) is 27.1. The van der Waals surface area contributed by atoms with E-state index in [0.29, 0.717) is 11.3 Å². The first-order valence-corrected chi connectivity index (χ1v) is 7.51. The average molecular weight is 336 g/mol. The van der Waals surface area contributed by atoms with Gasteiger partial charge in [-0.05, 0) is 36.4 Å². The lowest BCUT2D eigenvalue weighted by Gasteiger charge is -2.12. The number of primary amides is 1. The molecule has 0 aliphatic carbocycles. The van der Waals surface area contributed by atoms with Gasteiger partial charge < -0.3 is 16.4 Å². The Labute approximate surface area is 143 Å². The van der Waals surface area contributed by atoms with E-state index in [1.807, 2.05) is 24.3 Å². The highest BCUT2D eigenvalue weighted by molar-refractivity contribution is 5.96. The fourth-order valence-electron chi connectivity index (χ4n) is 2.25. The van der Waals surface area contributed by atoms with Crippen LogP contribution in [0.3, 0.4) is 0 Å². The second-order valence-corrected chi connectivity index (χ2v) is 5.20. The predicted molar refractivity (Wildman–Crippen MR) is 93.4 cm³/mol. The van der Waals surface area contributed by atoms with Gasteiger partial charge in [-0.3, -0.25) is 9.59 Å². The lowest BCUT2D eigenvalue weighted by atomic mass is 10.2. The van der Waals surface area contributed by atoms with E-state index in [2.05, 4.69) is 20.7 Å². The molecule has 0 radical (unpaired) electrons. The molecule has 8 heteroatoms. The number of amides is 2. The molecule has 0 saturated carbocycles. The van der Waals surface area contributed by atoms with E-state index in [-0.39, 0.29) is 12.5 Å². The Balaban J connectivity index is 1.62. The van der Waals surface area contributed by atoms with Crippen LogP contribution < -0.4 is 16.4 Å². The quantitative estimate of drug-likeness (QED) is 0.630. The molecule has 0 aliphatic heterocycles. The van der Waals surface area contributed by atoms with Crippen molar-refractivity contribution in [3.8, 4) is 5.69 Å². The maximum atomic E-state index is 12.1. The Hall–Kier alpha value is -3.68. The third-order valence-electron chi connectivity index (χ3n) is 3.46. The molecule has 1 aromatic heterocycles. The molecule has 0 spiro atoms. The molecule has 126 valence electrons. The Morgan fingerprint density at radius 3 is 2.52 bits per heavy atom. The molecule has 3 aromatic rings. The van der Waals surface area contributed by atoms with Crippen molar-refractivity contribution in [2.75, 3.05) is 17.2 Å². The summed E-state index contributed by atoms with van der Waals surface area (Å²) in [7, 11) is 0. The number of hydrogen-bond donors (Lipinski definition) is 3. The average Bonchev–Trinajstić information content (AvgIpc) is 3.15. The van der Waals surface area contributed by atoms with E-state index in [1.54, 1.807) is 35.3 Å². The van der Waals surface area contributed by atoms with Crippen LogP contribution in [-0.2, 0) is 4.79 Å². The molecule has 25 heavy (non-hydrogen) atoms. The molecule has 1 heterocycles. The topological polar surface area (TPSA) is 115 Å². The lowest BCUT2D eigenvalue weighted by Crippen LogP contribution is -2.22. The molecule has 0 fully saturated rings. The molecule has 0 aliphatic rings. The summed E-state index contributed by atoms with van der Waals surface area (Å²) < 4.78 is 1.61. The van der Waals surface area contributed by atoms with Crippen LogP contribution in [0.2, 0.25) is 0 Å². The van der Waals surface area contributed by atoms with Gasteiger partial charge in [-0.15, -0.1) is 0 Å².